The van der Waals surface area contributed by atoms with Gasteiger partial charge in [-0.25, -0.2) is 23.4 Å². The second-order valence-electron chi connectivity index (χ2n) is 12.8. The molecule has 2 fully saturated rings. The fraction of sp³-hybridized carbons (Fsp3) is 0.278. The van der Waals surface area contributed by atoms with E-state index in [2.05, 4.69) is 15.3 Å². The second kappa shape index (κ2) is 12.6. The lowest BCUT2D eigenvalue weighted by Crippen LogP contribution is -2.52. The highest BCUT2D eigenvalue weighted by Crippen LogP contribution is 2.37. The number of imide groups is 1. The van der Waals surface area contributed by atoms with Crippen LogP contribution < -0.4 is 15.8 Å². The monoisotopic (exact) mass is 678 g/mol. The summed E-state index contributed by atoms with van der Waals surface area (Å²) in [5, 5.41) is 7.60. The molecule has 254 valence electrons. The molecule has 3 aromatic carbocycles. The Kier molecular flexibility index (Phi) is 7.94. The number of nitrogens with one attached hydrogen (secondary N) is 1. The number of halogens is 2. The molecule has 3 N–H and O–H groups in total. The molecule has 0 aliphatic carbocycles. The number of para-hydroxylation sites is 1. The van der Waals surface area contributed by atoms with Crippen molar-refractivity contribution >= 4 is 34.6 Å². The topological polar surface area (TPSA) is 149 Å². The molecule has 3 atom stereocenters. The number of amides is 3. The van der Waals surface area contributed by atoms with E-state index in [4.69, 9.17) is 15.6 Å². The molecule has 0 bridgehead atoms. The number of benzene rings is 3. The van der Waals surface area contributed by atoms with E-state index in [0.29, 0.717) is 46.8 Å². The minimum absolute atomic E-state index is 0.0191. The lowest BCUT2D eigenvalue weighted by Gasteiger charge is -2.35. The third-order valence-electron chi connectivity index (χ3n) is 9.65. The summed E-state index contributed by atoms with van der Waals surface area (Å²) in [4.78, 5) is 48.8. The van der Waals surface area contributed by atoms with E-state index in [1.165, 1.54) is 11.2 Å². The van der Waals surface area contributed by atoms with Crippen molar-refractivity contribution in [2.45, 2.75) is 50.6 Å². The number of hydrogen-bond acceptors (Lipinski definition) is 9. The van der Waals surface area contributed by atoms with E-state index in [-0.39, 0.29) is 49.4 Å². The van der Waals surface area contributed by atoms with Gasteiger partial charge in [0.1, 0.15) is 47.4 Å². The quantitative estimate of drug-likeness (QED) is 0.237. The zero-order valence-electron chi connectivity index (χ0n) is 26.8. The van der Waals surface area contributed by atoms with E-state index in [0.717, 1.165) is 5.56 Å². The normalized spacial score (nSPS) is 21.0. The first-order chi connectivity index (χ1) is 24.2. The zero-order chi connectivity index (χ0) is 34.5. The lowest BCUT2D eigenvalue weighted by atomic mass is 10.0. The molecule has 0 spiro atoms. The van der Waals surface area contributed by atoms with Gasteiger partial charge in [-0.3, -0.25) is 24.6 Å². The Bertz CT molecular complexity index is 2140. The molecule has 5 aromatic rings. The van der Waals surface area contributed by atoms with Crippen LogP contribution in [0.15, 0.2) is 73.1 Å². The molecule has 0 saturated carbocycles. The van der Waals surface area contributed by atoms with Crippen LogP contribution in [0, 0.1) is 5.82 Å². The van der Waals surface area contributed by atoms with Crippen LogP contribution in [-0.4, -0.2) is 72.6 Å². The van der Waals surface area contributed by atoms with Gasteiger partial charge in [0.15, 0.2) is 5.65 Å². The van der Waals surface area contributed by atoms with E-state index >= 15 is 8.78 Å². The number of fused-ring (bicyclic) bond motifs is 2. The summed E-state index contributed by atoms with van der Waals surface area (Å²) < 4.78 is 39.4. The Morgan fingerprint density at radius 1 is 0.960 bits per heavy atom. The van der Waals surface area contributed by atoms with E-state index in [1.54, 1.807) is 16.8 Å². The summed E-state index contributed by atoms with van der Waals surface area (Å²) in [5.41, 5.74) is 8.74. The number of rotatable bonds is 7. The number of carbonyl (C=O) groups is 3. The fourth-order valence-corrected chi connectivity index (χ4v) is 7.12. The number of ether oxygens (including phenoxy) is 1. The van der Waals surface area contributed by atoms with Crippen molar-refractivity contribution in [2.75, 3.05) is 18.8 Å². The van der Waals surface area contributed by atoms with Gasteiger partial charge in [0.05, 0.1) is 18.0 Å². The number of anilines is 1. The smallest absolute Gasteiger partial charge is 0.255 e. The van der Waals surface area contributed by atoms with Crippen molar-refractivity contribution in [1.29, 1.82) is 0 Å². The van der Waals surface area contributed by atoms with Crippen LogP contribution in [-0.2, 0) is 22.7 Å². The molecule has 8 rings (SSSR count). The molecule has 12 nitrogen and oxygen atoms in total. The minimum Gasteiger partial charge on any atom is -0.457 e. The van der Waals surface area contributed by atoms with Gasteiger partial charge in [-0.1, -0.05) is 24.3 Å². The third-order valence-corrected chi connectivity index (χ3v) is 9.65. The van der Waals surface area contributed by atoms with Gasteiger partial charge in [-0.05, 0) is 55.3 Å². The zero-order valence-corrected chi connectivity index (χ0v) is 26.8. The van der Waals surface area contributed by atoms with E-state index < -0.39 is 41.8 Å². The van der Waals surface area contributed by atoms with Crippen LogP contribution in [0.25, 0.3) is 22.3 Å². The maximum absolute atomic E-state index is 16.1. The number of hydrogen-bond donors (Lipinski definition) is 2. The predicted molar refractivity (Wildman–Crippen MR) is 178 cm³/mol. The number of nitrogens with two attached hydrogens (primary N) is 1. The number of alkyl halides is 1. The number of nitrogen functional groups attached to an aromatic ring is 1. The number of carbonyl (C=O) groups excluding carboxylic acids is 3. The van der Waals surface area contributed by atoms with Gasteiger partial charge in [0.2, 0.25) is 11.8 Å². The Morgan fingerprint density at radius 3 is 2.50 bits per heavy atom. The van der Waals surface area contributed by atoms with Crippen molar-refractivity contribution in [3.63, 3.8) is 0 Å². The number of piperidine rings is 2. The highest BCUT2D eigenvalue weighted by molar-refractivity contribution is 6.05. The van der Waals surface area contributed by atoms with Crippen molar-refractivity contribution in [2.24, 2.45) is 0 Å². The fourth-order valence-electron chi connectivity index (χ4n) is 7.12. The molecule has 3 aliphatic rings. The van der Waals surface area contributed by atoms with Crippen LogP contribution in [0.1, 0.15) is 46.8 Å². The van der Waals surface area contributed by atoms with Gasteiger partial charge in [0, 0.05) is 48.3 Å². The number of likely N-dealkylation sites (tertiary alicyclic amines) is 1. The summed E-state index contributed by atoms with van der Waals surface area (Å²) in [7, 11) is 0. The molecule has 50 heavy (non-hydrogen) atoms. The first kappa shape index (κ1) is 31.5. The van der Waals surface area contributed by atoms with Crippen molar-refractivity contribution < 1.29 is 27.9 Å². The molecule has 2 aromatic heterocycles. The first-order valence-corrected chi connectivity index (χ1v) is 16.4. The SMILES string of the molecule is Nc1ncnc2c1c(-c1ccc(Oc3ccccc3)cc1)nn2C1CCN(Cc2ccc3c(c2F)CN(C2CCC(=O)NC2=O)C3=O)CC1F. The van der Waals surface area contributed by atoms with Crippen LogP contribution in [0.2, 0.25) is 0 Å². The number of aromatic nitrogens is 4. The molecule has 3 amide bonds. The van der Waals surface area contributed by atoms with Crippen LogP contribution in [0.4, 0.5) is 14.6 Å². The summed E-state index contributed by atoms with van der Waals surface area (Å²) in [6.45, 7) is 0.532. The summed E-state index contributed by atoms with van der Waals surface area (Å²) in [5.74, 6) is -0.361. The van der Waals surface area contributed by atoms with Crippen LogP contribution in [0.3, 0.4) is 0 Å². The Balaban J connectivity index is 0.988. The standard InChI is InChI=1S/C36H32F2N8O4/c37-26-18-44(16-21-8-11-24-25(31(21)38)17-45(36(24)49)28-12-13-29(47)42-35(28)48)15-14-27(26)46-34-30(33(39)40-19-41-34)32(43-46)20-6-9-23(10-7-20)50-22-4-2-1-3-5-22/h1-11,19,26-28H,12-18H2,(H2,39,40,41)(H,42,47,48). The van der Waals surface area contributed by atoms with Crippen molar-refractivity contribution in [3.8, 4) is 22.8 Å². The molecule has 0 radical (unpaired) electrons. The molecule has 14 heteroatoms. The lowest BCUT2D eigenvalue weighted by molar-refractivity contribution is -0.136. The molecule has 3 aliphatic heterocycles. The van der Waals surface area contributed by atoms with Gasteiger partial charge in [-0.2, -0.15) is 5.10 Å². The van der Waals surface area contributed by atoms with E-state index in [1.807, 2.05) is 59.5 Å². The Labute approximate surface area is 284 Å². The molecule has 5 heterocycles. The molecule has 3 unspecified atom stereocenters. The molecule has 2 saturated heterocycles. The Morgan fingerprint density at radius 2 is 1.74 bits per heavy atom. The van der Waals surface area contributed by atoms with Crippen LogP contribution >= 0.6 is 0 Å². The second-order valence-corrected chi connectivity index (χ2v) is 12.8. The highest BCUT2D eigenvalue weighted by Gasteiger charge is 2.41. The summed E-state index contributed by atoms with van der Waals surface area (Å²) in [6, 6.07) is 18.4. The van der Waals surface area contributed by atoms with Gasteiger partial charge in [0.25, 0.3) is 5.91 Å². The minimum atomic E-state index is -1.36. The maximum atomic E-state index is 16.1. The van der Waals surface area contributed by atoms with Gasteiger partial charge >= 0.3 is 0 Å². The Hall–Kier alpha value is -5.76. The highest BCUT2D eigenvalue weighted by atomic mass is 19.1. The summed E-state index contributed by atoms with van der Waals surface area (Å²) >= 11 is 0. The molecular formula is C36H32F2N8O4. The third kappa shape index (κ3) is 5.60. The molecular weight excluding hydrogens is 646 g/mol. The van der Waals surface area contributed by atoms with Crippen molar-refractivity contribution in [3.05, 3.63) is 95.6 Å². The van der Waals surface area contributed by atoms with Gasteiger partial charge in [-0.15, -0.1) is 0 Å². The maximum Gasteiger partial charge on any atom is 0.255 e. The predicted octanol–water partition coefficient (Wildman–Crippen LogP) is 4.55. The largest absolute Gasteiger partial charge is 0.457 e. The average Bonchev–Trinajstić information content (AvgIpc) is 3.66. The first-order valence-electron chi connectivity index (χ1n) is 16.4. The summed E-state index contributed by atoms with van der Waals surface area (Å²) in [6.07, 6.45) is 0.645. The van der Waals surface area contributed by atoms with Crippen molar-refractivity contribution in [1.82, 2.24) is 34.9 Å². The average molecular weight is 679 g/mol. The number of nitrogens with zero attached hydrogens (tertiary/aromatic N) is 6. The van der Waals surface area contributed by atoms with Gasteiger partial charge < -0.3 is 15.4 Å². The van der Waals surface area contributed by atoms with Crippen LogP contribution in [0.5, 0.6) is 11.5 Å². The van der Waals surface area contributed by atoms with E-state index in [9.17, 15) is 14.4 Å².